The van der Waals surface area contributed by atoms with E-state index in [0.717, 1.165) is 0 Å². The van der Waals surface area contributed by atoms with Gasteiger partial charge in [0, 0.05) is 89.8 Å². The van der Waals surface area contributed by atoms with Gasteiger partial charge in [0.05, 0.1) is 0 Å². The van der Waals surface area contributed by atoms with Gasteiger partial charge in [-0.3, -0.25) is 0 Å². The number of hydrogen-bond acceptors (Lipinski definition) is 0. The Hall–Kier alpha value is 3.84. The fourth-order valence-electron chi connectivity index (χ4n) is 0. The van der Waals surface area contributed by atoms with Crippen molar-refractivity contribution >= 4 is 23.9 Å². The predicted octanol–water partition coefficient (Wildman–Crippen LogP) is -0.916. The Morgan fingerprint density at radius 2 is 0.500 bits per heavy atom. The molecule has 0 atom stereocenters. The Labute approximate surface area is 111 Å². The van der Waals surface area contributed by atoms with Crippen LogP contribution in [-0.4, -0.2) is 23.9 Å². The summed E-state index contributed by atoms with van der Waals surface area (Å²) in [5.74, 6) is 0. The first-order valence-electron chi connectivity index (χ1n) is 0. The molecule has 0 aromatic heterocycles. The van der Waals surface area contributed by atoms with E-state index in [4.69, 9.17) is 0 Å². The van der Waals surface area contributed by atoms with Gasteiger partial charge >= 0.3 is 23.9 Å². The maximum atomic E-state index is 0. The van der Waals surface area contributed by atoms with Crippen LogP contribution in [0.4, 0.5) is 0 Å². The first-order valence-corrected chi connectivity index (χ1v) is 0. The number of hydrogen-bond donors (Lipinski definition) is 0. The summed E-state index contributed by atoms with van der Waals surface area (Å²) in [6, 6.07) is 0. The minimum atomic E-state index is 0. The second-order valence-corrected chi connectivity index (χ2v) is 0. The summed E-state index contributed by atoms with van der Waals surface area (Å²) < 4.78 is 0. The summed E-state index contributed by atoms with van der Waals surface area (Å²) in [4.78, 5) is 0. The predicted molar refractivity (Wildman–Crippen MR) is 8.54 cm³/mol. The van der Waals surface area contributed by atoms with E-state index in [0.29, 0.717) is 0 Å². The summed E-state index contributed by atoms with van der Waals surface area (Å²) in [7, 11) is 0. The van der Waals surface area contributed by atoms with Crippen molar-refractivity contribution in [1.29, 1.82) is 0 Å². The molecule has 0 aliphatic carbocycles. The normalized spacial score (nSPS) is 0. The molecule has 21 valence electrons. The average molecular weight is 832 g/mol. The molecule has 0 unspecified atom stereocenters. The van der Waals surface area contributed by atoms with Gasteiger partial charge in [0.2, 0.25) is 0 Å². The third-order valence-corrected chi connectivity index (χ3v) is 0. The Balaban J connectivity index is 0. The summed E-state index contributed by atoms with van der Waals surface area (Å²) in [5.41, 5.74) is 0. The van der Waals surface area contributed by atoms with Crippen LogP contribution in [0.5, 0.6) is 0 Å². The van der Waals surface area contributed by atoms with Crippen LogP contribution in [-0.2, 0) is 0 Å². The van der Waals surface area contributed by atoms with Gasteiger partial charge in [0.25, 0.3) is 0 Å². The molecule has 0 fully saturated rings. The van der Waals surface area contributed by atoms with Crippen molar-refractivity contribution in [3.05, 3.63) is 0 Å². The Morgan fingerprint density at radius 3 is 0.500 bits per heavy atom. The topological polar surface area (TPSA) is 0 Å². The van der Waals surface area contributed by atoms with Crippen molar-refractivity contribution in [2.24, 2.45) is 0 Å². The first-order chi connectivity index (χ1) is 0. The van der Waals surface area contributed by atoms with Gasteiger partial charge in [-0.05, 0) is 0 Å². The zero-order chi connectivity index (χ0) is 0. The molecule has 0 nitrogen and oxygen atoms in total. The molecule has 0 saturated heterocycles. The molecule has 0 aromatic rings. The van der Waals surface area contributed by atoms with Crippen LogP contribution in [0.3, 0.4) is 0 Å². The summed E-state index contributed by atoms with van der Waals surface area (Å²) in [6.07, 6.45) is 0. The van der Waals surface area contributed by atoms with Gasteiger partial charge in [-0.2, -0.15) is 0 Å². The van der Waals surface area contributed by atoms with Crippen molar-refractivity contribution in [3.63, 3.8) is 0 Å². The molecule has 0 spiro atoms. The molecule has 0 heterocycles. The molecule has 0 N–H and O–H groups in total. The van der Waals surface area contributed by atoms with E-state index in [1.807, 2.05) is 0 Å². The van der Waals surface area contributed by atoms with Crippen molar-refractivity contribution in [1.82, 2.24) is 0 Å². The Morgan fingerprint density at radius 1 is 0.500 bits per heavy atom. The van der Waals surface area contributed by atoms with Gasteiger partial charge in [-0.15, -0.1) is 0 Å². The van der Waals surface area contributed by atoms with Crippen LogP contribution in [0.25, 0.3) is 0 Å². The second kappa shape index (κ2) is 15.8. The van der Waals surface area contributed by atoms with E-state index in [1.165, 1.54) is 0 Å². The molecular weight excluding hydrogens is 830 g/mol. The van der Waals surface area contributed by atoms with Crippen LogP contribution in [0.2, 0.25) is 0 Å². The Kier molecular flexibility index (Phi) is 98.4. The summed E-state index contributed by atoms with van der Waals surface area (Å²) in [5, 5.41) is 0. The van der Waals surface area contributed by atoms with Crippen molar-refractivity contribution in [2.75, 3.05) is 0 Å². The van der Waals surface area contributed by atoms with Gasteiger partial charge in [0.1, 0.15) is 0 Å². The van der Waals surface area contributed by atoms with E-state index in [2.05, 4.69) is 0 Å². The maximum absolute atomic E-state index is 0. The van der Waals surface area contributed by atoms with Gasteiger partial charge < -0.3 is 0 Å². The van der Waals surface area contributed by atoms with Crippen molar-refractivity contribution < 1.29 is 89.8 Å². The Bertz CT molecular complexity index is 3.25. The molecule has 4 heteroatoms. The fourth-order valence-corrected chi connectivity index (χ4v) is 0. The van der Waals surface area contributed by atoms with E-state index in [9.17, 15) is 0 Å². The molecule has 4 heavy (non-hydrogen) atoms. The molecule has 0 saturated carbocycles. The van der Waals surface area contributed by atoms with Crippen molar-refractivity contribution in [3.8, 4) is 0 Å². The molecule has 0 bridgehead atoms. The molecule has 0 rings (SSSR count). The standard InChI is InChI=1S/3Np.Sn.2H. The summed E-state index contributed by atoms with van der Waals surface area (Å²) in [6.45, 7) is 0. The van der Waals surface area contributed by atoms with Crippen LogP contribution in [0.1, 0.15) is 0 Å². The van der Waals surface area contributed by atoms with Gasteiger partial charge in [0.15, 0.2) is 0 Å². The SMILES string of the molecule is [Np].[Np].[Np].[SnH2]. The van der Waals surface area contributed by atoms with Crippen LogP contribution < -0.4 is 0 Å². The molecular formula is H2Np3Sn. The molecule has 0 aliphatic heterocycles. The average Bonchev–Trinajstić information content (AvgIpc) is 0. The monoisotopic (exact) mass is 830 g/mol. The molecule has 5 radical (unpaired) electrons. The van der Waals surface area contributed by atoms with E-state index >= 15 is 0 Å². The zero-order valence-corrected chi connectivity index (χ0v) is 17.3. The first kappa shape index (κ1) is 24.9. The third-order valence-electron chi connectivity index (χ3n) is 0. The van der Waals surface area contributed by atoms with E-state index in [-0.39, 0.29) is 114 Å². The van der Waals surface area contributed by atoms with Crippen LogP contribution in [0.15, 0.2) is 0 Å². The van der Waals surface area contributed by atoms with E-state index in [1.54, 1.807) is 0 Å². The second-order valence-electron chi connectivity index (χ2n) is 0. The molecule has 0 amide bonds. The van der Waals surface area contributed by atoms with Crippen LogP contribution >= 0.6 is 0 Å². The van der Waals surface area contributed by atoms with Crippen molar-refractivity contribution in [2.45, 2.75) is 0 Å². The molecule has 0 aliphatic rings. The fraction of sp³-hybridized carbons (Fsp3) is 0. The quantitative estimate of drug-likeness (QED) is 0.278. The number of rotatable bonds is 0. The molecule has 0 aromatic carbocycles. The minimum absolute atomic E-state index is 0. The zero-order valence-electron chi connectivity index (χ0n) is 2.05. The van der Waals surface area contributed by atoms with Gasteiger partial charge in [-0.25, -0.2) is 0 Å². The summed E-state index contributed by atoms with van der Waals surface area (Å²) >= 11 is 0. The third kappa shape index (κ3) is 9.28. The van der Waals surface area contributed by atoms with Crippen LogP contribution in [0, 0.1) is 89.8 Å². The van der Waals surface area contributed by atoms with E-state index < -0.39 is 0 Å². The van der Waals surface area contributed by atoms with Gasteiger partial charge in [-0.1, -0.05) is 0 Å².